The number of hydrogen-bond acceptors (Lipinski definition) is 4. The first-order chi connectivity index (χ1) is 26.8. The SMILES string of the molecule is CC1(C)OB(c2c3ccccc3c(-c3ccc(-c4c5ccccc5c(B5OC(C)(C)C(C)(C)O5)c5ccccc45)c4ccccc34)c3ccccc23)OC1(C)C. The Balaban J connectivity index is 1.24. The Morgan fingerprint density at radius 1 is 0.286 bits per heavy atom. The molecule has 0 spiro atoms. The maximum atomic E-state index is 6.74. The average Bonchev–Trinajstić information content (AvgIpc) is 3.54. The zero-order valence-electron chi connectivity index (χ0n) is 33.5. The van der Waals surface area contributed by atoms with Crippen LogP contribution in [0.2, 0.25) is 0 Å². The maximum absolute atomic E-state index is 6.74. The van der Waals surface area contributed by atoms with Gasteiger partial charge >= 0.3 is 14.2 Å². The first-order valence-corrected chi connectivity index (χ1v) is 19.9. The molecule has 4 nitrogen and oxygen atoms in total. The summed E-state index contributed by atoms with van der Waals surface area (Å²) in [5.41, 5.74) is 5.15. The van der Waals surface area contributed by atoms with E-state index in [4.69, 9.17) is 18.6 Å². The molecular formula is C50H46B2O4. The van der Waals surface area contributed by atoms with E-state index in [2.05, 4.69) is 189 Å². The van der Waals surface area contributed by atoms with Gasteiger partial charge in [-0.3, -0.25) is 0 Å². The number of rotatable bonds is 4. The monoisotopic (exact) mass is 732 g/mol. The third-order valence-corrected chi connectivity index (χ3v) is 13.4. The highest BCUT2D eigenvalue weighted by molar-refractivity contribution is 6.69. The van der Waals surface area contributed by atoms with Crippen LogP contribution in [0, 0.1) is 0 Å². The second-order valence-electron chi connectivity index (χ2n) is 17.6. The minimum Gasteiger partial charge on any atom is -0.399 e. The van der Waals surface area contributed by atoms with Crippen molar-refractivity contribution in [3.8, 4) is 22.3 Å². The van der Waals surface area contributed by atoms with Gasteiger partial charge in [0.05, 0.1) is 22.4 Å². The quantitative estimate of drug-likeness (QED) is 0.133. The van der Waals surface area contributed by atoms with E-state index in [0.29, 0.717) is 0 Å². The van der Waals surface area contributed by atoms with Crippen molar-refractivity contribution >= 4 is 79.0 Å². The van der Waals surface area contributed by atoms with Crippen molar-refractivity contribution in [1.82, 2.24) is 0 Å². The molecule has 0 amide bonds. The van der Waals surface area contributed by atoms with Crippen LogP contribution in [0.15, 0.2) is 133 Å². The lowest BCUT2D eigenvalue weighted by atomic mass is 9.71. The second kappa shape index (κ2) is 12.3. The lowest BCUT2D eigenvalue weighted by molar-refractivity contribution is 0.00578. The predicted octanol–water partition coefficient (Wildman–Crippen LogP) is 11.4. The summed E-state index contributed by atoms with van der Waals surface area (Å²) in [6.07, 6.45) is 0. The molecule has 2 saturated heterocycles. The van der Waals surface area contributed by atoms with Gasteiger partial charge in [0.15, 0.2) is 0 Å². The Labute approximate surface area is 330 Å². The minimum atomic E-state index is -0.496. The summed E-state index contributed by atoms with van der Waals surface area (Å²) in [6.45, 7) is 17.0. The Bertz CT molecular complexity index is 2570. The molecule has 8 aromatic carbocycles. The molecule has 0 aromatic heterocycles. The third kappa shape index (κ3) is 5.09. The average molecular weight is 733 g/mol. The zero-order chi connectivity index (χ0) is 38.8. The van der Waals surface area contributed by atoms with Crippen LogP contribution >= 0.6 is 0 Å². The molecular weight excluding hydrogens is 686 g/mol. The molecule has 0 atom stereocenters. The summed E-state index contributed by atoms with van der Waals surface area (Å²) in [6, 6.07) is 48.6. The number of hydrogen-bond donors (Lipinski definition) is 0. The second-order valence-corrected chi connectivity index (χ2v) is 17.6. The van der Waals surface area contributed by atoms with Crippen molar-refractivity contribution in [2.75, 3.05) is 0 Å². The van der Waals surface area contributed by atoms with Crippen molar-refractivity contribution in [2.24, 2.45) is 0 Å². The smallest absolute Gasteiger partial charge is 0.399 e. The van der Waals surface area contributed by atoms with Gasteiger partial charge in [-0.25, -0.2) is 0 Å². The van der Waals surface area contributed by atoms with E-state index < -0.39 is 36.6 Å². The van der Waals surface area contributed by atoms with Gasteiger partial charge in [0.1, 0.15) is 0 Å². The van der Waals surface area contributed by atoms with Gasteiger partial charge < -0.3 is 18.6 Å². The highest BCUT2D eigenvalue weighted by Gasteiger charge is 2.54. The summed E-state index contributed by atoms with van der Waals surface area (Å²) in [7, 11) is -0.991. The Morgan fingerprint density at radius 2 is 0.500 bits per heavy atom. The van der Waals surface area contributed by atoms with Crippen LogP contribution in [0.25, 0.3) is 76.1 Å². The first-order valence-electron chi connectivity index (χ1n) is 19.9. The number of fused-ring (bicyclic) bond motifs is 5. The van der Waals surface area contributed by atoms with Crippen LogP contribution in [0.1, 0.15) is 55.4 Å². The molecule has 0 aliphatic carbocycles. The van der Waals surface area contributed by atoms with E-state index in [1.165, 1.54) is 54.6 Å². The van der Waals surface area contributed by atoms with E-state index in [9.17, 15) is 0 Å². The van der Waals surface area contributed by atoms with Crippen molar-refractivity contribution in [3.05, 3.63) is 133 Å². The molecule has 0 N–H and O–H groups in total. The zero-order valence-corrected chi connectivity index (χ0v) is 33.5. The van der Waals surface area contributed by atoms with Crippen molar-refractivity contribution in [2.45, 2.75) is 77.8 Å². The van der Waals surface area contributed by atoms with E-state index in [1.807, 2.05) is 0 Å². The molecule has 0 saturated carbocycles. The Kier molecular flexibility index (Phi) is 7.76. The van der Waals surface area contributed by atoms with E-state index in [-0.39, 0.29) is 0 Å². The summed E-state index contributed by atoms with van der Waals surface area (Å²) >= 11 is 0. The van der Waals surface area contributed by atoms with Gasteiger partial charge in [-0.05, 0) is 142 Å². The fraction of sp³-hybridized carbons (Fsp3) is 0.240. The van der Waals surface area contributed by atoms with Crippen LogP contribution in [0.5, 0.6) is 0 Å². The Hall–Kier alpha value is -4.97. The van der Waals surface area contributed by atoms with Gasteiger partial charge in [0.2, 0.25) is 0 Å². The van der Waals surface area contributed by atoms with Crippen LogP contribution < -0.4 is 10.9 Å². The van der Waals surface area contributed by atoms with Gasteiger partial charge in [-0.15, -0.1) is 0 Å². The molecule has 10 rings (SSSR count). The highest BCUT2D eigenvalue weighted by atomic mass is 16.7. The molecule has 8 aromatic rings. The highest BCUT2D eigenvalue weighted by Crippen LogP contribution is 2.46. The molecule has 0 radical (unpaired) electrons. The van der Waals surface area contributed by atoms with Crippen LogP contribution in [0.4, 0.5) is 0 Å². The largest absolute Gasteiger partial charge is 0.496 e. The van der Waals surface area contributed by atoms with Gasteiger partial charge in [0, 0.05) is 0 Å². The van der Waals surface area contributed by atoms with Crippen LogP contribution in [0.3, 0.4) is 0 Å². The molecule has 0 unspecified atom stereocenters. The molecule has 2 heterocycles. The molecule has 6 heteroatoms. The van der Waals surface area contributed by atoms with Gasteiger partial charge in [-0.1, -0.05) is 133 Å². The maximum Gasteiger partial charge on any atom is 0.496 e. The third-order valence-electron chi connectivity index (χ3n) is 13.4. The summed E-state index contributed by atoms with van der Waals surface area (Å²) in [4.78, 5) is 0. The summed E-state index contributed by atoms with van der Waals surface area (Å²) in [5, 5.41) is 11.7. The van der Waals surface area contributed by atoms with Crippen LogP contribution in [-0.2, 0) is 18.6 Å². The van der Waals surface area contributed by atoms with E-state index >= 15 is 0 Å². The fourth-order valence-corrected chi connectivity index (χ4v) is 9.07. The lowest BCUT2D eigenvalue weighted by Gasteiger charge is -2.32. The van der Waals surface area contributed by atoms with Gasteiger partial charge in [0.25, 0.3) is 0 Å². The van der Waals surface area contributed by atoms with Gasteiger partial charge in [-0.2, -0.15) is 0 Å². The molecule has 276 valence electrons. The van der Waals surface area contributed by atoms with E-state index in [0.717, 1.165) is 32.5 Å². The minimum absolute atomic E-state index is 0.457. The fourth-order valence-electron chi connectivity index (χ4n) is 9.07. The predicted molar refractivity (Wildman–Crippen MR) is 236 cm³/mol. The van der Waals surface area contributed by atoms with Crippen LogP contribution in [-0.4, -0.2) is 36.6 Å². The lowest BCUT2D eigenvalue weighted by Crippen LogP contribution is -2.41. The summed E-state index contributed by atoms with van der Waals surface area (Å²) < 4.78 is 27.0. The molecule has 2 fully saturated rings. The normalized spacial score (nSPS) is 18.6. The number of benzene rings is 8. The Morgan fingerprint density at radius 3 is 0.750 bits per heavy atom. The molecule has 56 heavy (non-hydrogen) atoms. The topological polar surface area (TPSA) is 36.9 Å². The molecule has 0 bridgehead atoms. The van der Waals surface area contributed by atoms with E-state index in [1.54, 1.807) is 0 Å². The van der Waals surface area contributed by atoms with Crippen molar-refractivity contribution in [1.29, 1.82) is 0 Å². The van der Waals surface area contributed by atoms with Crippen molar-refractivity contribution < 1.29 is 18.6 Å². The standard InChI is InChI=1S/C50H46B2O4/c1-47(2)48(3,4)54-51(53-47)45-39-25-15-11-21-33(39)43(34-22-12-16-26-40(34)45)37-29-30-38(32-20-10-9-19-31(32)37)44-35-23-13-17-27-41(35)46(42-28-18-14-24-36(42)44)52-55-49(5,6)50(7,8)56-52/h9-30H,1-8H3. The summed E-state index contributed by atoms with van der Waals surface area (Å²) in [5.74, 6) is 0. The molecule has 2 aliphatic rings. The molecule has 2 aliphatic heterocycles. The first kappa shape index (κ1) is 35.4. The van der Waals surface area contributed by atoms with Crippen molar-refractivity contribution in [3.63, 3.8) is 0 Å².